The fourth-order valence-electron chi connectivity index (χ4n) is 0.667. The first-order valence-electron chi connectivity index (χ1n) is 3.21. The third-order valence-electron chi connectivity index (χ3n) is 1.10. The SMILES string of the molecule is CC(N)c1ncnn1[I-]C(N)=O. The Morgan fingerprint density at radius 3 is 3.00 bits per heavy atom. The summed E-state index contributed by atoms with van der Waals surface area (Å²) in [5, 5.41) is 3.85. The average molecular weight is 282 g/mol. The normalized spacial score (nSPS) is 13.2. The molecule has 6 nitrogen and oxygen atoms in total. The van der Waals surface area contributed by atoms with E-state index in [-0.39, 0.29) is 9.96 Å². The van der Waals surface area contributed by atoms with Crippen molar-refractivity contribution in [2.24, 2.45) is 11.5 Å². The van der Waals surface area contributed by atoms with Crippen molar-refractivity contribution in [2.75, 3.05) is 0 Å². The van der Waals surface area contributed by atoms with E-state index in [2.05, 4.69) is 10.1 Å². The Balaban J connectivity index is 2.84. The molecule has 0 aliphatic rings. The number of rotatable bonds is 3. The van der Waals surface area contributed by atoms with Crippen LogP contribution in [0, 0.1) is 0 Å². The number of aromatic nitrogens is 3. The van der Waals surface area contributed by atoms with E-state index in [4.69, 9.17) is 11.5 Å². The fraction of sp³-hybridized carbons (Fsp3) is 0.400. The van der Waals surface area contributed by atoms with Gasteiger partial charge < -0.3 is 0 Å². The van der Waals surface area contributed by atoms with Gasteiger partial charge in [-0.2, -0.15) is 0 Å². The molecule has 0 saturated carbocycles. The molecule has 1 rings (SSSR count). The Hall–Kier alpha value is -0.700. The molecule has 68 valence electrons. The number of amides is 1. The fourth-order valence-corrected chi connectivity index (χ4v) is 2.16. The van der Waals surface area contributed by atoms with Crippen molar-refractivity contribution in [1.82, 2.24) is 13.0 Å². The van der Waals surface area contributed by atoms with E-state index >= 15 is 0 Å². The van der Waals surface area contributed by atoms with Gasteiger partial charge in [0.25, 0.3) is 0 Å². The van der Waals surface area contributed by atoms with Crippen molar-refractivity contribution in [1.29, 1.82) is 0 Å². The van der Waals surface area contributed by atoms with Crippen LogP contribution in [-0.4, -0.2) is 16.9 Å². The molecule has 7 heteroatoms. The van der Waals surface area contributed by atoms with Crippen molar-refractivity contribution in [3.8, 4) is 0 Å². The molecule has 12 heavy (non-hydrogen) atoms. The molecular formula is C5H9IN5O-. The summed E-state index contributed by atoms with van der Waals surface area (Å²) in [5.74, 6) is 0.613. The molecule has 0 bridgehead atoms. The molecule has 0 aliphatic heterocycles. The second-order valence-corrected chi connectivity index (χ2v) is 4.62. The van der Waals surface area contributed by atoms with Crippen molar-refractivity contribution in [3.05, 3.63) is 12.2 Å². The van der Waals surface area contributed by atoms with E-state index in [0.29, 0.717) is 5.82 Å². The quantitative estimate of drug-likeness (QED) is 0.338. The minimum atomic E-state index is -0.949. The average Bonchev–Trinajstić information content (AvgIpc) is 2.33. The summed E-state index contributed by atoms with van der Waals surface area (Å²) in [6, 6.07) is -0.216. The van der Waals surface area contributed by atoms with Crippen LogP contribution in [0.4, 0.5) is 4.79 Å². The van der Waals surface area contributed by atoms with Crippen LogP contribution in [0.25, 0.3) is 0 Å². The van der Waals surface area contributed by atoms with Crippen LogP contribution in [0.15, 0.2) is 6.33 Å². The zero-order valence-corrected chi connectivity index (χ0v) is 8.59. The van der Waals surface area contributed by atoms with Crippen LogP contribution >= 0.6 is 0 Å². The summed E-state index contributed by atoms with van der Waals surface area (Å²) in [6.07, 6.45) is 1.38. The predicted octanol–water partition coefficient (Wildman–Crippen LogP) is -3.77. The molecule has 1 aromatic heterocycles. The van der Waals surface area contributed by atoms with Gasteiger partial charge in [0.1, 0.15) is 0 Å². The molecule has 0 saturated heterocycles. The van der Waals surface area contributed by atoms with Crippen molar-refractivity contribution < 1.29 is 26.3 Å². The van der Waals surface area contributed by atoms with E-state index in [1.807, 2.05) is 0 Å². The maximum atomic E-state index is 10.6. The zero-order valence-electron chi connectivity index (χ0n) is 6.44. The molecular weight excluding hydrogens is 273 g/mol. The number of halogens is 1. The summed E-state index contributed by atoms with van der Waals surface area (Å²) in [7, 11) is 0. The second kappa shape index (κ2) is 3.81. The van der Waals surface area contributed by atoms with Crippen molar-refractivity contribution in [2.45, 2.75) is 13.0 Å². The number of hydrogen-bond acceptors (Lipinski definition) is 4. The molecule has 1 unspecified atom stereocenters. The van der Waals surface area contributed by atoms with E-state index < -0.39 is 21.5 Å². The number of nitrogens with two attached hydrogens (primary N) is 2. The summed E-state index contributed by atoms with van der Waals surface area (Å²) < 4.78 is 1.16. The van der Waals surface area contributed by atoms with Gasteiger partial charge in [-0.05, 0) is 0 Å². The molecule has 1 aromatic rings. The summed E-state index contributed by atoms with van der Waals surface area (Å²) >= 11 is -0.949. The van der Waals surface area contributed by atoms with Crippen LogP contribution in [0.1, 0.15) is 18.8 Å². The van der Waals surface area contributed by atoms with Gasteiger partial charge in [-0.15, -0.1) is 0 Å². The molecule has 0 radical (unpaired) electrons. The van der Waals surface area contributed by atoms with Gasteiger partial charge in [-0.25, -0.2) is 0 Å². The topological polar surface area (TPSA) is 99.8 Å². The van der Waals surface area contributed by atoms with E-state index in [9.17, 15) is 4.79 Å². The third-order valence-corrected chi connectivity index (χ3v) is 2.78. The number of carbonyl (C=O) groups is 1. The Kier molecular flexibility index (Phi) is 2.98. The number of primary amides is 1. The standard InChI is InChI=1S/C5H9IN5O/c1-3(7)4-9-2-10-11(4)6-5(8)12/h2-3H,7H2,1H3,(H2,8,12)/q-1. The zero-order chi connectivity index (χ0) is 9.14. The van der Waals surface area contributed by atoms with E-state index in [1.165, 1.54) is 9.22 Å². The monoisotopic (exact) mass is 282 g/mol. The van der Waals surface area contributed by atoms with Crippen LogP contribution in [0.2, 0.25) is 0 Å². The Morgan fingerprint density at radius 1 is 1.83 bits per heavy atom. The molecule has 4 N–H and O–H groups in total. The minimum absolute atomic E-state index is 0.216. The Labute approximate surface area is 79.9 Å². The van der Waals surface area contributed by atoms with Gasteiger partial charge in [-0.3, -0.25) is 0 Å². The first-order valence-corrected chi connectivity index (χ1v) is 5.26. The Bertz CT molecular complexity index is 283. The van der Waals surface area contributed by atoms with Gasteiger partial charge >= 0.3 is 79.7 Å². The van der Waals surface area contributed by atoms with Crippen molar-refractivity contribution in [3.63, 3.8) is 0 Å². The van der Waals surface area contributed by atoms with Crippen LogP contribution in [0.5, 0.6) is 0 Å². The van der Waals surface area contributed by atoms with E-state index in [1.54, 1.807) is 6.92 Å². The number of carbonyl (C=O) groups excluding carboxylic acids is 1. The summed E-state index contributed by atoms with van der Waals surface area (Å²) in [4.78, 5) is 14.5. The number of hydrogen-bond donors (Lipinski definition) is 2. The number of nitrogens with zero attached hydrogens (tertiary/aromatic N) is 3. The van der Waals surface area contributed by atoms with Gasteiger partial charge in [0.2, 0.25) is 0 Å². The molecule has 0 fully saturated rings. The molecule has 1 heterocycles. The predicted molar refractivity (Wildman–Crippen MR) is 37.6 cm³/mol. The van der Waals surface area contributed by atoms with Crippen LogP contribution in [-0.2, 0) is 0 Å². The molecule has 1 amide bonds. The third kappa shape index (κ3) is 2.14. The van der Waals surface area contributed by atoms with Crippen LogP contribution in [0.3, 0.4) is 0 Å². The molecule has 0 aromatic carbocycles. The summed E-state index contributed by atoms with van der Waals surface area (Å²) in [5.41, 5.74) is 10.6. The van der Waals surface area contributed by atoms with Gasteiger partial charge in [0, 0.05) is 0 Å². The first kappa shape index (κ1) is 9.39. The van der Waals surface area contributed by atoms with E-state index in [0.717, 1.165) is 0 Å². The van der Waals surface area contributed by atoms with Gasteiger partial charge in [-0.1, -0.05) is 0 Å². The second-order valence-electron chi connectivity index (χ2n) is 2.16. The molecule has 1 atom stereocenters. The van der Waals surface area contributed by atoms with Crippen molar-refractivity contribution >= 4 is 3.91 Å². The first-order chi connectivity index (χ1) is 5.61. The molecule has 0 aliphatic carbocycles. The molecule has 0 spiro atoms. The maximum absolute atomic E-state index is 10.6. The van der Waals surface area contributed by atoms with Gasteiger partial charge in [0.15, 0.2) is 0 Å². The Morgan fingerprint density at radius 2 is 2.50 bits per heavy atom. The van der Waals surface area contributed by atoms with Gasteiger partial charge in [0.05, 0.1) is 0 Å². The summed E-state index contributed by atoms with van der Waals surface area (Å²) in [6.45, 7) is 1.78. The van der Waals surface area contributed by atoms with Crippen LogP contribution < -0.4 is 32.9 Å².